The third kappa shape index (κ3) is 2.65. The normalized spacial score (nSPS) is 28.1. The third-order valence-electron chi connectivity index (χ3n) is 2.15. The lowest BCUT2D eigenvalue weighted by Gasteiger charge is -2.20. The smallest absolute Gasteiger partial charge is 0.322 e. The van der Waals surface area contributed by atoms with Gasteiger partial charge in [-0.1, -0.05) is 6.92 Å². The van der Waals surface area contributed by atoms with Crippen LogP contribution in [0.15, 0.2) is 0 Å². The molecule has 0 aliphatic carbocycles. The molecule has 0 aromatic heterocycles. The van der Waals surface area contributed by atoms with Crippen molar-refractivity contribution in [2.45, 2.75) is 25.5 Å². The molecule has 1 rings (SSSR count). The van der Waals surface area contributed by atoms with Gasteiger partial charge in [0.05, 0.1) is 6.10 Å². The van der Waals surface area contributed by atoms with E-state index in [0.717, 1.165) is 4.31 Å². The summed E-state index contributed by atoms with van der Waals surface area (Å²) in [5.74, 6) is -1.24. The first-order chi connectivity index (χ1) is 6.88. The molecule has 0 aromatic rings. The largest absolute Gasteiger partial charge is 0.480 e. The van der Waals surface area contributed by atoms with E-state index in [4.69, 9.17) is 5.11 Å². The summed E-state index contributed by atoms with van der Waals surface area (Å²) in [7, 11) is -3.79. The molecule has 1 fully saturated rings. The van der Waals surface area contributed by atoms with Crippen LogP contribution in [0.1, 0.15) is 13.3 Å². The Labute approximate surface area is 87.9 Å². The van der Waals surface area contributed by atoms with Crippen molar-refractivity contribution in [3.63, 3.8) is 0 Å². The number of rotatable bonds is 4. The molecule has 88 valence electrons. The molecule has 0 aromatic carbocycles. The lowest BCUT2D eigenvalue weighted by molar-refractivity contribution is -0.140. The first-order valence-corrected chi connectivity index (χ1v) is 5.99. The summed E-state index contributed by atoms with van der Waals surface area (Å²) >= 11 is 0. The monoisotopic (exact) mass is 238 g/mol. The molecular formula is C7H14N2O5S. The van der Waals surface area contributed by atoms with Gasteiger partial charge < -0.3 is 10.2 Å². The van der Waals surface area contributed by atoms with Gasteiger partial charge in [0.1, 0.15) is 6.04 Å². The van der Waals surface area contributed by atoms with Gasteiger partial charge >= 0.3 is 5.97 Å². The van der Waals surface area contributed by atoms with Gasteiger partial charge in [0, 0.05) is 19.5 Å². The van der Waals surface area contributed by atoms with Crippen molar-refractivity contribution in [3.05, 3.63) is 0 Å². The van der Waals surface area contributed by atoms with E-state index in [2.05, 4.69) is 4.72 Å². The fourth-order valence-electron chi connectivity index (χ4n) is 1.54. The lowest BCUT2D eigenvalue weighted by atomic mass is 10.2. The molecule has 3 N–H and O–H groups in total. The molecule has 7 nitrogen and oxygen atoms in total. The lowest BCUT2D eigenvalue weighted by Crippen LogP contribution is -2.46. The maximum atomic E-state index is 11.5. The van der Waals surface area contributed by atoms with Gasteiger partial charge in [-0.05, 0) is 0 Å². The molecule has 0 saturated carbocycles. The second kappa shape index (κ2) is 4.44. The van der Waals surface area contributed by atoms with Crippen LogP contribution >= 0.6 is 0 Å². The highest BCUT2D eigenvalue weighted by Gasteiger charge is 2.42. The molecule has 1 heterocycles. The number of aliphatic hydroxyl groups excluding tert-OH is 1. The Morgan fingerprint density at radius 1 is 1.60 bits per heavy atom. The second-order valence-corrected chi connectivity index (χ2v) is 5.02. The zero-order valence-electron chi connectivity index (χ0n) is 8.25. The summed E-state index contributed by atoms with van der Waals surface area (Å²) in [5, 5.41) is 18.0. The van der Waals surface area contributed by atoms with E-state index in [-0.39, 0.29) is 19.5 Å². The van der Waals surface area contributed by atoms with Crippen LogP contribution in [0.4, 0.5) is 0 Å². The molecular weight excluding hydrogens is 224 g/mol. The number of nitrogens with one attached hydrogen (secondary N) is 1. The minimum absolute atomic E-state index is 0.0695. The summed E-state index contributed by atoms with van der Waals surface area (Å²) < 4.78 is 26.0. The van der Waals surface area contributed by atoms with E-state index >= 15 is 0 Å². The first kappa shape index (κ1) is 12.4. The van der Waals surface area contributed by atoms with E-state index in [1.807, 2.05) is 0 Å². The number of β-amino-alcohol motifs (C(OH)–C–C–N with tert-alkyl or cyclic N) is 1. The van der Waals surface area contributed by atoms with Crippen molar-refractivity contribution in [1.82, 2.24) is 9.03 Å². The van der Waals surface area contributed by atoms with Crippen LogP contribution in [0.3, 0.4) is 0 Å². The number of hydrogen-bond acceptors (Lipinski definition) is 4. The molecule has 0 bridgehead atoms. The maximum absolute atomic E-state index is 11.5. The number of carbonyl (C=O) groups is 1. The zero-order valence-corrected chi connectivity index (χ0v) is 9.07. The Balaban J connectivity index is 2.88. The van der Waals surface area contributed by atoms with Crippen LogP contribution in [-0.2, 0) is 15.0 Å². The summed E-state index contributed by atoms with van der Waals surface area (Å²) in [6, 6.07) is -1.18. The Hall–Kier alpha value is -0.700. The van der Waals surface area contributed by atoms with Crippen LogP contribution in [0, 0.1) is 0 Å². The Morgan fingerprint density at radius 2 is 2.20 bits per heavy atom. The summed E-state index contributed by atoms with van der Waals surface area (Å²) in [6.07, 6.45) is -0.987. The minimum Gasteiger partial charge on any atom is -0.480 e. The van der Waals surface area contributed by atoms with E-state index in [1.54, 1.807) is 6.92 Å². The van der Waals surface area contributed by atoms with E-state index < -0.39 is 28.3 Å². The number of aliphatic hydroxyl groups is 1. The number of hydrogen-bond donors (Lipinski definition) is 3. The molecule has 15 heavy (non-hydrogen) atoms. The molecule has 2 atom stereocenters. The SMILES string of the molecule is CCNS(=O)(=O)N1C[C@@H](O)C[C@H]1C(=O)O. The third-order valence-corrected chi connectivity index (χ3v) is 3.83. The zero-order chi connectivity index (χ0) is 11.6. The van der Waals surface area contributed by atoms with E-state index in [9.17, 15) is 18.3 Å². The van der Waals surface area contributed by atoms with Gasteiger partial charge in [-0.15, -0.1) is 0 Å². The molecule has 0 amide bonds. The first-order valence-electron chi connectivity index (χ1n) is 4.55. The van der Waals surface area contributed by atoms with Crippen molar-refractivity contribution in [3.8, 4) is 0 Å². The molecule has 0 spiro atoms. The summed E-state index contributed by atoms with van der Waals surface area (Å²) in [4.78, 5) is 10.8. The van der Waals surface area contributed by atoms with Crippen LogP contribution < -0.4 is 4.72 Å². The average molecular weight is 238 g/mol. The van der Waals surface area contributed by atoms with E-state index in [1.165, 1.54) is 0 Å². The maximum Gasteiger partial charge on any atom is 0.322 e. The van der Waals surface area contributed by atoms with Crippen molar-refractivity contribution >= 4 is 16.2 Å². The highest BCUT2D eigenvalue weighted by Crippen LogP contribution is 2.20. The topological polar surface area (TPSA) is 107 Å². The molecule has 1 aliphatic rings. The predicted molar refractivity (Wildman–Crippen MR) is 51.4 cm³/mol. The Bertz CT molecular complexity index is 341. The average Bonchev–Trinajstić information content (AvgIpc) is 2.47. The number of aliphatic carboxylic acids is 1. The number of carboxylic acids is 1. The quantitative estimate of drug-likeness (QED) is 0.544. The van der Waals surface area contributed by atoms with Gasteiger partial charge in [0.2, 0.25) is 0 Å². The van der Waals surface area contributed by atoms with Crippen molar-refractivity contribution < 1.29 is 23.4 Å². The van der Waals surface area contributed by atoms with Crippen LogP contribution in [0.25, 0.3) is 0 Å². The van der Waals surface area contributed by atoms with Gasteiger partial charge in [0.15, 0.2) is 0 Å². The van der Waals surface area contributed by atoms with Gasteiger partial charge in [-0.25, -0.2) is 4.72 Å². The van der Waals surface area contributed by atoms with Gasteiger partial charge in [0.25, 0.3) is 10.2 Å². The highest BCUT2D eigenvalue weighted by atomic mass is 32.2. The van der Waals surface area contributed by atoms with Crippen LogP contribution in [0.2, 0.25) is 0 Å². The number of carboxylic acid groups (broad SMARTS) is 1. The minimum atomic E-state index is -3.79. The van der Waals surface area contributed by atoms with Crippen molar-refractivity contribution in [2.24, 2.45) is 0 Å². The van der Waals surface area contributed by atoms with Crippen LogP contribution in [0.5, 0.6) is 0 Å². The Kier molecular flexibility index (Phi) is 3.66. The number of nitrogens with zero attached hydrogens (tertiary/aromatic N) is 1. The molecule has 0 radical (unpaired) electrons. The van der Waals surface area contributed by atoms with Gasteiger partial charge in [-0.2, -0.15) is 12.7 Å². The standard InChI is InChI=1S/C7H14N2O5S/c1-2-8-15(13,14)9-4-5(10)3-6(9)7(11)12/h5-6,8,10H,2-4H2,1H3,(H,11,12)/t5-,6-/m0/s1. The molecule has 0 unspecified atom stereocenters. The fourth-order valence-corrected chi connectivity index (χ4v) is 2.95. The van der Waals surface area contributed by atoms with Crippen molar-refractivity contribution in [2.75, 3.05) is 13.1 Å². The van der Waals surface area contributed by atoms with Crippen molar-refractivity contribution in [1.29, 1.82) is 0 Å². The highest BCUT2D eigenvalue weighted by molar-refractivity contribution is 7.87. The summed E-state index contributed by atoms with van der Waals surface area (Å²) in [5.41, 5.74) is 0. The molecule has 8 heteroatoms. The molecule has 1 aliphatic heterocycles. The second-order valence-electron chi connectivity index (χ2n) is 3.32. The fraction of sp³-hybridized carbons (Fsp3) is 0.857. The summed E-state index contributed by atoms with van der Waals surface area (Å²) in [6.45, 7) is 1.60. The van der Waals surface area contributed by atoms with Gasteiger partial charge in [-0.3, -0.25) is 4.79 Å². The Morgan fingerprint density at radius 3 is 2.67 bits per heavy atom. The van der Waals surface area contributed by atoms with E-state index in [0.29, 0.717) is 0 Å². The molecule has 1 saturated heterocycles. The predicted octanol–water partition coefficient (Wildman–Crippen LogP) is -1.64. The van der Waals surface area contributed by atoms with Crippen LogP contribution in [-0.4, -0.2) is 54.1 Å².